The Balaban J connectivity index is 1.39. The summed E-state index contributed by atoms with van der Waals surface area (Å²) >= 11 is 0. The maximum atomic E-state index is 12.4. The molecule has 3 saturated carbocycles. The topological polar surface area (TPSA) is 58.2 Å². The molecule has 3 fully saturated rings. The number of carbonyl (C=O) groups excluding carboxylic acids is 2. The fourth-order valence-electron chi connectivity index (χ4n) is 4.35. The van der Waals surface area contributed by atoms with E-state index in [1.807, 2.05) is 18.2 Å². The van der Waals surface area contributed by atoms with E-state index in [0.29, 0.717) is 29.6 Å². The Kier molecular flexibility index (Phi) is 3.83. The molecule has 1 aromatic carbocycles. The van der Waals surface area contributed by atoms with Crippen molar-refractivity contribution in [2.45, 2.75) is 51.0 Å². The van der Waals surface area contributed by atoms with Crippen molar-refractivity contribution in [3.8, 4) is 0 Å². The van der Waals surface area contributed by atoms with Crippen molar-refractivity contribution in [1.29, 1.82) is 0 Å². The van der Waals surface area contributed by atoms with E-state index in [1.165, 1.54) is 25.7 Å². The molecular formula is C19H24N2O2. The Morgan fingerprint density at radius 2 is 1.87 bits per heavy atom. The first-order valence-corrected chi connectivity index (χ1v) is 8.89. The lowest BCUT2D eigenvalue weighted by Gasteiger charge is -2.21. The van der Waals surface area contributed by atoms with Gasteiger partial charge in [0.25, 0.3) is 5.91 Å². The number of hydrogen-bond acceptors (Lipinski definition) is 2. The molecule has 0 aromatic heterocycles. The lowest BCUT2D eigenvalue weighted by molar-refractivity contribution is -0.117. The summed E-state index contributed by atoms with van der Waals surface area (Å²) in [6.45, 7) is 0. The summed E-state index contributed by atoms with van der Waals surface area (Å²) in [5, 5.41) is 5.96. The fraction of sp³-hybridized carbons (Fsp3) is 0.579. The van der Waals surface area contributed by atoms with Crippen LogP contribution in [0.15, 0.2) is 24.3 Å². The third-order valence-corrected chi connectivity index (χ3v) is 5.69. The molecule has 4 rings (SSSR count). The number of fused-ring (bicyclic) bond motifs is 2. The van der Waals surface area contributed by atoms with E-state index in [9.17, 15) is 9.59 Å². The van der Waals surface area contributed by atoms with Crippen LogP contribution in [0, 0.1) is 17.8 Å². The molecule has 3 atom stereocenters. The van der Waals surface area contributed by atoms with Crippen LogP contribution < -0.4 is 10.6 Å². The third kappa shape index (κ3) is 3.26. The van der Waals surface area contributed by atoms with Crippen LogP contribution in [0.1, 0.15) is 55.3 Å². The van der Waals surface area contributed by atoms with Crippen molar-refractivity contribution < 1.29 is 9.59 Å². The van der Waals surface area contributed by atoms with Gasteiger partial charge in [-0.25, -0.2) is 0 Å². The molecule has 2 amide bonds. The number of nitrogens with one attached hydrogen (secondary N) is 2. The molecular weight excluding hydrogens is 288 g/mol. The highest BCUT2D eigenvalue weighted by Crippen LogP contribution is 2.49. The van der Waals surface area contributed by atoms with Gasteiger partial charge in [-0.05, 0) is 62.0 Å². The van der Waals surface area contributed by atoms with Gasteiger partial charge in [0.05, 0.1) is 11.3 Å². The minimum absolute atomic E-state index is 0.0502. The summed E-state index contributed by atoms with van der Waals surface area (Å²) in [5.74, 6) is 2.12. The van der Waals surface area contributed by atoms with Gasteiger partial charge in [-0.1, -0.05) is 18.6 Å². The SMILES string of the molecule is O=C(CC1CC2CCC1C2)Nc1ccccc1C(=O)NC1CC1. The summed E-state index contributed by atoms with van der Waals surface area (Å²) in [6, 6.07) is 7.63. The molecule has 0 radical (unpaired) electrons. The first kappa shape index (κ1) is 14.7. The molecule has 2 bridgehead atoms. The monoisotopic (exact) mass is 312 g/mol. The van der Waals surface area contributed by atoms with Gasteiger partial charge in [0.2, 0.25) is 5.91 Å². The lowest BCUT2D eigenvalue weighted by Crippen LogP contribution is -2.27. The molecule has 3 aliphatic carbocycles. The highest BCUT2D eigenvalue weighted by Gasteiger charge is 2.40. The Morgan fingerprint density at radius 3 is 2.57 bits per heavy atom. The molecule has 4 heteroatoms. The quantitative estimate of drug-likeness (QED) is 0.876. The van der Waals surface area contributed by atoms with Crippen molar-refractivity contribution >= 4 is 17.5 Å². The Hall–Kier alpha value is -1.84. The highest BCUT2D eigenvalue weighted by atomic mass is 16.2. The molecule has 122 valence electrons. The third-order valence-electron chi connectivity index (χ3n) is 5.69. The molecule has 3 unspecified atom stereocenters. The minimum Gasteiger partial charge on any atom is -0.349 e. The van der Waals surface area contributed by atoms with E-state index in [4.69, 9.17) is 0 Å². The molecule has 1 aromatic rings. The van der Waals surface area contributed by atoms with Crippen molar-refractivity contribution in [1.82, 2.24) is 5.32 Å². The van der Waals surface area contributed by atoms with E-state index in [-0.39, 0.29) is 11.8 Å². The van der Waals surface area contributed by atoms with E-state index in [2.05, 4.69) is 10.6 Å². The average Bonchev–Trinajstić information content (AvgIpc) is 3.10. The molecule has 4 nitrogen and oxygen atoms in total. The summed E-state index contributed by atoms with van der Waals surface area (Å²) in [6.07, 6.45) is 7.89. The van der Waals surface area contributed by atoms with Gasteiger partial charge < -0.3 is 10.6 Å². The summed E-state index contributed by atoms with van der Waals surface area (Å²) in [7, 11) is 0. The largest absolute Gasteiger partial charge is 0.349 e. The molecule has 0 saturated heterocycles. The minimum atomic E-state index is -0.0803. The zero-order valence-electron chi connectivity index (χ0n) is 13.4. The maximum Gasteiger partial charge on any atom is 0.253 e. The van der Waals surface area contributed by atoms with E-state index in [0.717, 1.165) is 24.7 Å². The fourth-order valence-corrected chi connectivity index (χ4v) is 4.35. The average molecular weight is 312 g/mol. The van der Waals surface area contributed by atoms with Gasteiger partial charge in [-0.3, -0.25) is 9.59 Å². The van der Waals surface area contributed by atoms with Crippen LogP contribution >= 0.6 is 0 Å². The van der Waals surface area contributed by atoms with Gasteiger partial charge in [0.15, 0.2) is 0 Å². The lowest BCUT2D eigenvalue weighted by atomic mass is 9.86. The van der Waals surface area contributed by atoms with Crippen LogP contribution in [0.25, 0.3) is 0 Å². The van der Waals surface area contributed by atoms with Crippen molar-refractivity contribution in [2.24, 2.45) is 17.8 Å². The van der Waals surface area contributed by atoms with E-state index in [1.54, 1.807) is 6.07 Å². The number of amides is 2. The van der Waals surface area contributed by atoms with Crippen molar-refractivity contribution in [2.75, 3.05) is 5.32 Å². The van der Waals surface area contributed by atoms with Crippen molar-refractivity contribution in [3.63, 3.8) is 0 Å². The van der Waals surface area contributed by atoms with Crippen LogP contribution in [0.3, 0.4) is 0 Å². The molecule has 2 N–H and O–H groups in total. The second-order valence-corrected chi connectivity index (χ2v) is 7.48. The molecule has 0 spiro atoms. The molecule has 0 heterocycles. The van der Waals surface area contributed by atoms with Crippen LogP contribution in [-0.2, 0) is 4.79 Å². The standard InChI is InChI=1S/C19H24N2O2/c22-18(11-14-10-12-5-6-13(14)9-12)21-17-4-2-1-3-16(17)19(23)20-15-7-8-15/h1-4,12-15H,5-11H2,(H,20,23)(H,21,22). The highest BCUT2D eigenvalue weighted by molar-refractivity contribution is 6.03. The number of hydrogen-bond donors (Lipinski definition) is 2. The van der Waals surface area contributed by atoms with Gasteiger partial charge in [-0.15, -0.1) is 0 Å². The Morgan fingerprint density at radius 1 is 1.04 bits per heavy atom. The van der Waals surface area contributed by atoms with Crippen LogP contribution in [-0.4, -0.2) is 17.9 Å². The summed E-state index contributed by atoms with van der Waals surface area (Å²) < 4.78 is 0. The smallest absolute Gasteiger partial charge is 0.253 e. The van der Waals surface area contributed by atoms with E-state index >= 15 is 0 Å². The molecule has 0 aliphatic heterocycles. The second kappa shape index (κ2) is 5.99. The van der Waals surface area contributed by atoms with Crippen LogP contribution in [0.2, 0.25) is 0 Å². The Bertz CT molecular complexity index is 624. The van der Waals surface area contributed by atoms with Gasteiger partial charge in [0.1, 0.15) is 0 Å². The van der Waals surface area contributed by atoms with Crippen LogP contribution in [0.5, 0.6) is 0 Å². The van der Waals surface area contributed by atoms with Gasteiger partial charge in [-0.2, -0.15) is 0 Å². The summed E-state index contributed by atoms with van der Waals surface area (Å²) in [5.41, 5.74) is 1.21. The van der Waals surface area contributed by atoms with Gasteiger partial charge >= 0.3 is 0 Å². The van der Waals surface area contributed by atoms with Crippen molar-refractivity contribution in [3.05, 3.63) is 29.8 Å². The van der Waals surface area contributed by atoms with E-state index < -0.39 is 0 Å². The number of carbonyl (C=O) groups is 2. The number of anilines is 1. The predicted octanol–water partition coefficient (Wildman–Crippen LogP) is 3.34. The normalized spacial score (nSPS) is 28.6. The zero-order valence-corrected chi connectivity index (χ0v) is 13.4. The Labute approximate surface area is 137 Å². The maximum absolute atomic E-state index is 12.4. The summed E-state index contributed by atoms with van der Waals surface area (Å²) in [4.78, 5) is 24.7. The zero-order chi connectivity index (χ0) is 15.8. The number of para-hydroxylation sites is 1. The molecule has 3 aliphatic rings. The number of rotatable bonds is 5. The second-order valence-electron chi connectivity index (χ2n) is 7.48. The number of benzene rings is 1. The predicted molar refractivity (Wildman–Crippen MR) is 89.1 cm³/mol. The van der Waals surface area contributed by atoms with Gasteiger partial charge in [0, 0.05) is 12.5 Å². The first-order valence-electron chi connectivity index (χ1n) is 8.89. The van der Waals surface area contributed by atoms with Crippen LogP contribution in [0.4, 0.5) is 5.69 Å². The first-order chi connectivity index (χ1) is 11.2. The molecule has 23 heavy (non-hydrogen) atoms.